The van der Waals surface area contributed by atoms with Gasteiger partial charge in [0.1, 0.15) is 6.17 Å². The van der Waals surface area contributed by atoms with Crippen LogP contribution < -0.4 is 10.6 Å². The molecule has 2 aliphatic heterocycles. The Labute approximate surface area is 224 Å². The van der Waals surface area contributed by atoms with Crippen molar-refractivity contribution in [2.45, 2.75) is 38.0 Å². The van der Waals surface area contributed by atoms with Gasteiger partial charge in [0.15, 0.2) is 0 Å². The van der Waals surface area contributed by atoms with Gasteiger partial charge in [0.25, 0.3) is 11.8 Å². The quantitative estimate of drug-likeness (QED) is 0.386. The van der Waals surface area contributed by atoms with E-state index in [4.69, 9.17) is 4.74 Å². The molecule has 2 amide bonds. The second-order valence-corrected chi connectivity index (χ2v) is 10.1. The minimum atomic E-state index is -0.253. The van der Waals surface area contributed by atoms with Gasteiger partial charge < -0.3 is 20.3 Å². The van der Waals surface area contributed by atoms with E-state index in [1.54, 1.807) is 7.11 Å². The van der Waals surface area contributed by atoms with Gasteiger partial charge >= 0.3 is 0 Å². The molecule has 0 radical (unpaired) electrons. The first-order chi connectivity index (χ1) is 18.6. The van der Waals surface area contributed by atoms with Crippen molar-refractivity contribution in [2.24, 2.45) is 0 Å². The van der Waals surface area contributed by atoms with E-state index in [-0.39, 0.29) is 24.0 Å². The molecule has 0 aromatic heterocycles. The number of piperidine rings is 1. The van der Waals surface area contributed by atoms with Crippen LogP contribution >= 0.6 is 0 Å². The summed E-state index contributed by atoms with van der Waals surface area (Å²) in [6.07, 6.45) is 2.41. The molecule has 2 aliphatic rings. The Bertz CT molecular complexity index is 1220. The van der Waals surface area contributed by atoms with Gasteiger partial charge in [-0.1, -0.05) is 48.5 Å². The maximum atomic E-state index is 13.0. The van der Waals surface area contributed by atoms with Crippen molar-refractivity contribution in [2.75, 3.05) is 38.7 Å². The third-order valence-electron chi connectivity index (χ3n) is 7.43. The van der Waals surface area contributed by atoms with Gasteiger partial charge in [0, 0.05) is 68.3 Å². The predicted octanol–water partition coefficient (Wildman–Crippen LogP) is 4.68. The molecule has 2 N–H and O–H groups in total. The van der Waals surface area contributed by atoms with Crippen LogP contribution in [0.4, 0.5) is 5.69 Å². The van der Waals surface area contributed by atoms with Crippen LogP contribution in [0.3, 0.4) is 0 Å². The number of nitrogens with zero attached hydrogens (tertiary/aromatic N) is 2. The number of rotatable bonds is 10. The number of carbonyl (C=O) groups excluding carboxylic acids is 2. The summed E-state index contributed by atoms with van der Waals surface area (Å²) in [6.45, 7) is 4.11. The standard InChI is InChI=1S/C31H36N4O3/c1-38-21-7-18-35-29(27-10-5-6-11-28(27)31(35)37)32-25-14-12-24(13-15-25)30(36)33-26-16-19-34(20-17-26)22-23-8-3-2-4-9-23/h2-6,8-15,26,29,32H,7,16-22H2,1H3,(H,33,36). The van der Waals surface area contributed by atoms with Crippen molar-refractivity contribution < 1.29 is 14.3 Å². The molecule has 0 spiro atoms. The summed E-state index contributed by atoms with van der Waals surface area (Å²) in [5, 5.41) is 6.72. The number of methoxy groups -OCH3 is 1. The largest absolute Gasteiger partial charge is 0.385 e. The van der Waals surface area contributed by atoms with Gasteiger partial charge in [-0.15, -0.1) is 0 Å². The Morgan fingerprint density at radius 3 is 2.39 bits per heavy atom. The van der Waals surface area contributed by atoms with Crippen molar-refractivity contribution in [1.82, 2.24) is 15.1 Å². The van der Waals surface area contributed by atoms with Gasteiger partial charge in [-0.25, -0.2) is 0 Å². The third-order valence-corrected chi connectivity index (χ3v) is 7.43. The Morgan fingerprint density at radius 2 is 1.66 bits per heavy atom. The fourth-order valence-electron chi connectivity index (χ4n) is 5.36. The number of ether oxygens (including phenoxy) is 1. The Hall–Kier alpha value is -3.68. The number of fused-ring (bicyclic) bond motifs is 1. The van der Waals surface area contributed by atoms with Crippen LogP contribution in [-0.2, 0) is 11.3 Å². The van der Waals surface area contributed by atoms with Gasteiger partial charge in [-0.3, -0.25) is 14.5 Å². The summed E-state index contributed by atoms with van der Waals surface area (Å²) in [4.78, 5) is 30.3. The summed E-state index contributed by atoms with van der Waals surface area (Å²) in [5.41, 5.74) is 4.53. The highest BCUT2D eigenvalue weighted by molar-refractivity contribution is 5.99. The molecule has 1 atom stereocenters. The lowest BCUT2D eigenvalue weighted by Crippen LogP contribution is -2.44. The summed E-state index contributed by atoms with van der Waals surface area (Å²) in [7, 11) is 1.67. The first-order valence-corrected chi connectivity index (χ1v) is 13.4. The normalized spacial score (nSPS) is 17.9. The third kappa shape index (κ3) is 6.06. The van der Waals surface area contributed by atoms with E-state index in [2.05, 4.69) is 39.8 Å². The van der Waals surface area contributed by atoms with Crippen LogP contribution in [0.25, 0.3) is 0 Å². The molecule has 7 heteroatoms. The molecule has 1 saturated heterocycles. The fourth-order valence-corrected chi connectivity index (χ4v) is 5.36. The molecule has 0 aliphatic carbocycles. The summed E-state index contributed by atoms with van der Waals surface area (Å²) >= 11 is 0. The zero-order valence-corrected chi connectivity index (χ0v) is 21.9. The Morgan fingerprint density at radius 1 is 0.947 bits per heavy atom. The van der Waals surface area contributed by atoms with E-state index in [0.29, 0.717) is 18.7 Å². The highest BCUT2D eigenvalue weighted by atomic mass is 16.5. The molecule has 198 valence electrons. The van der Waals surface area contributed by atoms with Gasteiger partial charge in [-0.05, 0) is 55.2 Å². The molecule has 0 bridgehead atoms. The summed E-state index contributed by atoms with van der Waals surface area (Å²) < 4.78 is 5.19. The number of hydrogen-bond donors (Lipinski definition) is 2. The first kappa shape index (κ1) is 25.9. The Kier molecular flexibility index (Phi) is 8.36. The molecule has 3 aromatic carbocycles. The monoisotopic (exact) mass is 512 g/mol. The van der Waals surface area contributed by atoms with Crippen molar-refractivity contribution in [3.8, 4) is 0 Å². The highest BCUT2D eigenvalue weighted by Gasteiger charge is 2.36. The lowest BCUT2D eigenvalue weighted by atomic mass is 10.0. The Balaban J connectivity index is 1.16. The minimum absolute atomic E-state index is 0.0278. The van der Waals surface area contributed by atoms with Crippen molar-refractivity contribution in [1.29, 1.82) is 0 Å². The van der Waals surface area contributed by atoms with Gasteiger partial charge in [0.05, 0.1) is 0 Å². The highest BCUT2D eigenvalue weighted by Crippen LogP contribution is 2.34. The minimum Gasteiger partial charge on any atom is -0.385 e. The molecule has 7 nitrogen and oxygen atoms in total. The molecule has 2 heterocycles. The van der Waals surface area contributed by atoms with E-state index >= 15 is 0 Å². The van der Waals surface area contributed by atoms with Crippen LogP contribution in [0, 0.1) is 0 Å². The average Bonchev–Trinajstić information content (AvgIpc) is 3.21. The molecule has 0 saturated carbocycles. The summed E-state index contributed by atoms with van der Waals surface area (Å²) in [6, 6.07) is 26.0. The number of nitrogens with one attached hydrogen (secondary N) is 2. The fraction of sp³-hybridized carbons (Fsp3) is 0.355. The first-order valence-electron chi connectivity index (χ1n) is 13.4. The number of likely N-dealkylation sites (tertiary alicyclic amines) is 1. The maximum absolute atomic E-state index is 13.0. The van der Waals surface area contributed by atoms with E-state index in [1.165, 1.54) is 5.56 Å². The zero-order chi connectivity index (χ0) is 26.3. The molecular weight excluding hydrogens is 476 g/mol. The van der Waals surface area contributed by atoms with E-state index in [1.807, 2.05) is 59.5 Å². The lowest BCUT2D eigenvalue weighted by molar-refractivity contribution is 0.0721. The van der Waals surface area contributed by atoms with Crippen molar-refractivity contribution >= 4 is 17.5 Å². The molecule has 1 unspecified atom stereocenters. The van der Waals surface area contributed by atoms with Gasteiger partial charge in [-0.2, -0.15) is 0 Å². The van der Waals surface area contributed by atoms with Crippen LogP contribution in [-0.4, -0.2) is 61.0 Å². The zero-order valence-electron chi connectivity index (χ0n) is 21.9. The number of amides is 2. The van der Waals surface area contributed by atoms with E-state index < -0.39 is 0 Å². The maximum Gasteiger partial charge on any atom is 0.256 e. The average molecular weight is 513 g/mol. The molecular formula is C31H36N4O3. The smallest absolute Gasteiger partial charge is 0.256 e. The topological polar surface area (TPSA) is 73.9 Å². The van der Waals surface area contributed by atoms with E-state index in [9.17, 15) is 9.59 Å². The predicted molar refractivity (Wildman–Crippen MR) is 149 cm³/mol. The summed E-state index contributed by atoms with van der Waals surface area (Å²) in [5.74, 6) is -0.0133. The molecule has 5 rings (SSSR count). The molecule has 1 fully saturated rings. The lowest BCUT2D eigenvalue weighted by Gasteiger charge is -2.32. The van der Waals surface area contributed by atoms with Gasteiger partial charge in [0.2, 0.25) is 0 Å². The second kappa shape index (κ2) is 12.2. The van der Waals surface area contributed by atoms with Crippen LogP contribution in [0.2, 0.25) is 0 Å². The van der Waals surface area contributed by atoms with Crippen molar-refractivity contribution in [3.05, 3.63) is 101 Å². The SMILES string of the molecule is COCCCN1C(=O)c2ccccc2C1Nc1ccc(C(=O)NC2CCN(Cc3ccccc3)CC2)cc1. The van der Waals surface area contributed by atoms with E-state index in [0.717, 1.165) is 55.7 Å². The van der Waals surface area contributed by atoms with Crippen LogP contribution in [0.1, 0.15) is 57.3 Å². The number of hydrogen-bond acceptors (Lipinski definition) is 5. The van der Waals surface area contributed by atoms with Crippen LogP contribution in [0.15, 0.2) is 78.9 Å². The second-order valence-electron chi connectivity index (χ2n) is 10.1. The number of benzene rings is 3. The molecule has 3 aromatic rings. The van der Waals surface area contributed by atoms with Crippen LogP contribution in [0.5, 0.6) is 0 Å². The van der Waals surface area contributed by atoms with Crippen molar-refractivity contribution in [3.63, 3.8) is 0 Å². The number of carbonyl (C=O) groups is 2. The number of anilines is 1. The molecule has 38 heavy (non-hydrogen) atoms.